The van der Waals surface area contributed by atoms with Crippen molar-refractivity contribution in [2.24, 2.45) is 0 Å². The molecule has 0 radical (unpaired) electrons. The lowest BCUT2D eigenvalue weighted by Crippen LogP contribution is -2.56. The van der Waals surface area contributed by atoms with Gasteiger partial charge in [0.1, 0.15) is 0 Å². The molecule has 3 aliphatic rings. The van der Waals surface area contributed by atoms with E-state index in [1.54, 1.807) is 24.3 Å². The normalized spacial score (nSPS) is 26.3. The second-order valence-corrected chi connectivity index (χ2v) is 7.82. The summed E-state index contributed by atoms with van der Waals surface area (Å²) in [6.45, 7) is 3.11. The zero-order valence-electron chi connectivity index (χ0n) is 15.1. The molecule has 0 bridgehead atoms. The van der Waals surface area contributed by atoms with Crippen LogP contribution in [0.4, 0.5) is 0 Å². The molecule has 0 unspecified atom stereocenters. The summed E-state index contributed by atoms with van der Waals surface area (Å²) in [6, 6.07) is 14.6. The molecule has 5 heteroatoms. The van der Waals surface area contributed by atoms with Gasteiger partial charge in [-0.15, -0.1) is 0 Å². The molecule has 5 rings (SSSR count). The number of carbonyl (C=O) groups excluding carboxylic acids is 3. The summed E-state index contributed by atoms with van der Waals surface area (Å²) < 4.78 is 0. The molecule has 0 aromatic heterocycles. The molecule has 3 heterocycles. The molecule has 1 fully saturated rings. The van der Waals surface area contributed by atoms with Gasteiger partial charge in [0.15, 0.2) is 0 Å². The summed E-state index contributed by atoms with van der Waals surface area (Å²) in [5.74, 6) is -0.503. The number of fused-ring (bicyclic) bond motifs is 3. The molecule has 0 saturated carbocycles. The van der Waals surface area contributed by atoms with Crippen molar-refractivity contribution in [3.8, 4) is 0 Å². The maximum Gasteiger partial charge on any atom is 0.261 e. The Morgan fingerprint density at radius 2 is 1.48 bits per heavy atom. The fourth-order valence-corrected chi connectivity index (χ4v) is 5.04. The van der Waals surface area contributed by atoms with Crippen LogP contribution >= 0.6 is 0 Å². The summed E-state index contributed by atoms with van der Waals surface area (Å²) in [4.78, 5) is 42.0. The first-order valence-electron chi connectivity index (χ1n) is 9.38. The van der Waals surface area contributed by atoms with E-state index < -0.39 is 0 Å². The average Bonchev–Trinajstić information content (AvgIpc) is 3.19. The fraction of sp³-hybridized carbons (Fsp3) is 0.318. The van der Waals surface area contributed by atoms with Crippen molar-refractivity contribution in [2.75, 3.05) is 13.1 Å². The van der Waals surface area contributed by atoms with E-state index in [1.807, 2.05) is 29.2 Å². The van der Waals surface area contributed by atoms with Gasteiger partial charge in [-0.05, 0) is 43.5 Å². The minimum atomic E-state index is -0.374. The predicted molar refractivity (Wildman–Crippen MR) is 99.7 cm³/mol. The van der Waals surface area contributed by atoms with Crippen molar-refractivity contribution >= 4 is 17.7 Å². The van der Waals surface area contributed by atoms with Gasteiger partial charge in [0.2, 0.25) is 0 Å². The van der Waals surface area contributed by atoms with E-state index in [4.69, 9.17) is 0 Å². The maximum atomic E-state index is 13.0. The number of imide groups is 1. The van der Waals surface area contributed by atoms with Crippen LogP contribution in [0.3, 0.4) is 0 Å². The third kappa shape index (κ3) is 2.08. The summed E-state index contributed by atoms with van der Waals surface area (Å²) >= 11 is 0. The molecule has 1 saturated heterocycles. The number of carbonyl (C=O) groups is 3. The fourth-order valence-electron chi connectivity index (χ4n) is 5.04. The number of nitrogens with zero attached hydrogens (tertiary/aromatic N) is 2. The molecule has 2 aromatic rings. The molecule has 2 aromatic carbocycles. The number of amides is 3. The van der Waals surface area contributed by atoms with E-state index in [0.29, 0.717) is 23.2 Å². The van der Waals surface area contributed by atoms with Crippen LogP contribution in [0.15, 0.2) is 48.5 Å². The van der Waals surface area contributed by atoms with Crippen molar-refractivity contribution in [1.29, 1.82) is 0 Å². The molecule has 3 aliphatic heterocycles. The monoisotopic (exact) mass is 360 g/mol. The van der Waals surface area contributed by atoms with Crippen LogP contribution in [0.25, 0.3) is 0 Å². The van der Waals surface area contributed by atoms with E-state index in [0.717, 1.165) is 24.9 Å². The van der Waals surface area contributed by atoms with E-state index in [-0.39, 0.29) is 29.2 Å². The third-order valence-electron chi connectivity index (χ3n) is 6.49. The highest BCUT2D eigenvalue weighted by Crippen LogP contribution is 2.47. The first-order valence-corrected chi connectivity index (χ1v) is 9.38. The van der Waals surface area contributed by atoms with E-state index in [1.165, 1.54) is 4.90 Å². The van der Waals surface area contributed by atoms with Crippen LogP contribution in [0.5, 0.6) is 0 Å². The molecule has 0 N–H and O–H groups in total. The van der Waals surface area contributed by atoms with Crippen LogP contribution in [0.2, 0.25) is 0 Å². The highest BCUT2D eigenvalue weighted by atomic mass is 16.2. The van der Waals surface area contributed by atoms with Crippen molar-refractivity contribution in [3.05, 3.63) is 70.8 Å². The molecular formula is C22H20N2O3. The number of benzene rings is 2. The van der Waals surface area contributed by atoms with Gasteiger partial charge < -0.3 is 4.90 Å². The van der Waals surface area contributed by atoms with Crippen molar-refractivity contribution in [3.63, 3.8) is 0 Å². The second kappa shape index (κ2) is 5.52. The van der Waals surface area contributed by atoms with Crippen molar-refractivity contribution in [1.82, 2.24) is 9.80 Å². The minimum Gasteiger partial charge on any atom is -0.333 e. The minimum absolute atomic E-state index is 0.0595. The lowest BCUT2D eigenvalue weighted by molar-refractivity contribution is 0.0447. The molecule has 0 aliphatic carbocycles. The Hall–Kier alpha value is -2.95. The van der Waals surface area contributed by atoms with Gasteiger partial charge in [0, 0.05) is 30.1 Å². The molecular weight excluding hydrogens is 340 g/mol. The Morgan fingerprint density at radius 1 is 0.889 bits per heavy atom. The van der Waals surface area contributed by atoms with Gasteiger partial charge in [0.25, 0.3) is 17.7 Å². The maximum absolute atomic E-state index is 13.0. The Balaban J connectivity index is 1.58. The Kier molecular flexibility index (Phi) is 3.32. The van der Waals surface area contributed by atoms with E-state index >= 15 is 0 Å². The first-order chi connectivity index (χ1) is 13.0. The molecule has 136 valence electrons. The van der Waals surface area contributed by atoms with Gasteiger partial charge in [0.05, 0.1) is 11.1 Å². The Labute approximate surface area is 157 Å². The quantitative estimate of drug-likeness (QED) is 0.774. The van der Waals surface area contributed by atoms with Gasteiger partial charge in [-0.2, -0.15) is 0 Å². The van der Waals surface area contributed by atoms with Gasteiger partial charge in [-0.25, -0.2) is 0 Å². The van der Waals surface area contributed by atoms with Crippen molar-refractivity contribution < 1.29 is 14.4 Å². The zero-order valence-corrected chi connectivity index (χ0v) is 15.1. The molecule has 5 nitrogen and oxygen atoms in total. The predicted octanol–water partition coefficient (Wildman–Crippen LogP) is 3.07. The number of hydrogen-bond donors (Lipinski definition) is 0. The smallest absolute Gasteiger partial charge is 0.261 e. The highest BCUT2D eigenvalue weighted by molar-refractivity contribution is 6.21. The molecule has 0 spiro atoms. The SMILES string of the molecule is C[C@]12CCCN1C(=O)c1ccccc1[C@H]2CN1C(=O)c2ccccc2C1=O. The molecule has 27 heavy (non-hydrogen) atoms. The molecule has 3 amide bonds. The van der Waals surface area contributed by atoms with Crippen LogP contribution in [-0.2, 0) is 0 Å². The summed E-state index contributed by atoms with van der Waals surface area (Å²) in [5, 5.41) is 0. The third-order valence-corrected chi connectivity index (χ3v) is 6.49. The zero-order chi connectivity index (χ0) is 18.8. The summed E-state index contributed by atoms with van der Waals surface area (Å²) in [6.07, 6.45) is 1.82. The number of rotatable bonds is 2. The lowest BCUT2D eigenvalue weighted by atomic mass is 9.73. The van der Waals surface area contributed by atoms with Crippen LogP contribution in [0.1, 0.15) is 62.3 Å². The van der Waals surface area contributed by atoms with E-state index in [9.17, 15) is 14.4 Å². The van der Waals surface area contributed by atoms with Gasteiger partial charge >= 0.3 is 0 Å². The second-order valence-electron chi connectivity index (χ2n) is 7.82. The summed E-state index contributed by atoms with van der Waals surface area (Å²) in [7, 11) is 0. The van der Waals surface area contributed by atoms with E-state index in [2.05, 4.69) is 6.92 Å². The Bertz CT molecular complexity index is 964. The van der Waals surface area contributed by atoms with Crippen LogP contribution in [0, 0.1) is 0 Å². The first kappa shape index (κ1) is 16.2. The number of hydrogen-bond acceptors (Lipinski definition) is 3. The van der Waals surface area contributed by atoms with Gasteiger partial charge in [-0.1, -0.05) is 30.3 Å². The van der Waals surface area contributed by atoms with Crippen molar-refractivity contribution in [2.45, 2.75) is 31.2 Å². The van der Waals surface area contributed by atoms with Crippen LogP contribution < -0.4 is 0 Å². The highest BCUT2D eigenvalue weighted by Gasteiger charge is 2.52. The lowest BCUT2D eigenvalue weighted by Gasteiger charge is -2.47. The summed E-state index contributed by atoms with van der Waals surface area (Å²) in [5.41, 5.74) is 2.20. The topological polar surface area (TPSA) is 57.7 Å². The van der Waals surface area contributed by atoms with Gasteiger partial charge in [-0.3, -0.25) is 19.3 Å². The standard InChI is InChI=1S/C22H20N2O3/c1-22-11-6-12-24(22)21(27)15-8-3-2-7-14(15)18(22)13-23-19(25)16-9-4-5-10-17(16)20(23)26/h2-5,7-10,18H,6,11-13H2,1H3/t18-,22-/m1/s1. The Morgan fingerprint density at radius 3 is 2.15 bits per heavy atom. The largest absolute Gasteiger partial charge is 0.333 e. The molecule has 2 atom stereocenters. The average molecular weight is 360 g/mol. The van der Waals surface area contributed by atoms with Crippen LogP contribution in [-0.4, -0.2) is 46.1 Å².